The van der Waals surface area contributed by atoms with Gasteiger partial charge in [0, 0.05) is 25.0 Å². The van der Waals surface area contributed by atoms with Gasteiger partial charge in [0.1, 0.15) is 5.69 Å². The molecule has 2 N–H and O–H groups in total. The summed E-state index contributed by atoms with van der Waals surface area (Å²) >= 11 is 0. The zero-order valence-corrected chi connectivity index (χ0v) is 11.5. The van der Waals surface area contributed by atoms with E-state index in [0.717, 1.165) is 12.8 Å². The lowest BCUT2D eigenvalue weighted by Gasteiger charge is -2.39. The first kappa shape index (κ1) is 13.9. The van der Waals surface area contributed by atoms with E-state index in [9.17, 15) is 4.79 Å². The minimum absolute atomic E-state index is 0.0269. The van der Waals surface area contributed by atoms with Crippen molar-refractivity contribution in [1.29, 1.82) is 0 Å². The molecule has 1 fully saturated rings. The molecule has 2 atom stereocenters. The molecule has 5 heteroatoms. The number of nitrogens with two attached hydrogens (primary N) is 1. The van der Waals surface area contributed by atoms with E-state index in [1.165, 1.54) is 19.0 Å². The van der Waals surface area contributed by atoms with E-state index in [1.54, 1.807) is 12.4 Å². The highest BCUT2D eigenvalue weighted by atomic mass is 16.2. The molecule has 1 aromatic heterocycles. The van der Waals surface area contributed by atoms with E-state index < -0.39 is 0 Å². The number of hydrogen-bond donors (Lipinski definition) is 1. The van der Waals surface area contributed by atoms with Gasteiger partial charge in [-0.3, -0.25) is 9.78 Å². The second-order valence-electron chi connectivity index (χ2n) is 5.03. The van der Waals surface area contributed by atoms with Crippen molar-refractivity contribution in [2.24, 2.45) is 11.7 Å². The smallest absolute Gasteiger partial charge is 0.274 e. The Kier molecular flexibility index (Phi) is 4.85. The third-order valence-electron chi connectivity index (χ3n) is 3.96. The molecule has 1 amide bonds. The van der Waals surface area contributed by atoms with Crippen LogP contribution in [0, 0.1) is 5.92 Å². The molecular formula is C14H22N4O. The van der Waals surface area contributed by atoms with Crippen molar-refractivity contribution in [2.75, 3.05) is 13.1 Å². The van der Waals surface area contributed by atoms with E-state index in [4.69, 9.17) is 5.73 Å². The normalized spacial score (nSPS) is 23.1. The van der Waals surface area contributed by atoms with Crippen LogP contribution >= 0.6 is 0 Å². The number of carbonyl (C=O) groups is 1. The molecule has 0 bridgehead atoms. The maximum absolute atomic E-state index is 12.5. The summed E-state index contributed by atoms with van der Waals surface area (Å²) in [4.78, 5) is 22.5. The highest BCUT2D eigenvalue weighted by Crippen LogP contribution is 2.28. The van der Waals surface area contributed by atoms with Gasteiger partial charge in [0.15, 0.2) is 0 Å². The predicted octanol–water partition coefficient (Wildman–Crippen LogP) is 1.46. The maximum atomic E-state index is 12.5. The first-order chi connectivity index (χ1) is 9.27. The zero-order valence-electron chi connectivity index (χ0n) is 11.5. The SMILES string of the molecule is CCN(C(=O)c1cnccn1)C1CCCCC1CN. The van der Waals surface area contributed by atoms with Gasteiger partial charge in [-0.15, -0.1) is 0 Å². The van der Waals surface area contributed by atoms with Gasteiger partial charge in [-0.2, -0.15) is 0 Å². The summed E-state index contributed by atoms with van der Waals surface area (Å²) in [7, 11) is 0. The van der Waals surface area contributed by atoms with Crippen LogP contribution in [0.5, 0.6) is 0 Å². The second-order valence-corrected chi connectivity index (χ2v) is 5.03. The largest absolute Gasteiger partial charge is 0.334 e. The van der Waals surface area contributed by atoms with Crippen LogP contribution in [0.15, 0.2) is 18.6 Å². The Morgan fingerprint density at radius 3 is 2.84 bits per heavy atom. The van der Waals surface area contributed by atoms with Crippen LogP contribution in [0.4, 0.5) is 0 Å². The first-order valence-corrected chi connectivity index (χ1v) is 7.05. The van der Waals surface area contributed by atoms with Crippen LogP contribution in [-0.4, -0.2) is 39.9 Å². The molecule has 0 spiro atoms. The summed E-state index contributed by atoms with van der Waals surface area (Å²) in [6.07, 6.45) is 9.22. The quantitative estimate of drug-likeness (QED) is 0.891. The molecule has 0 aromatic carbocycles. The van der Waals surface area contributed by atoms with Gasteiger partial charge in [0.25, 0.3) is 5.91 Å². The highest BCUT2D eigenvalue weighted by Gasteiger charge is 2.32. The van der Waals surface area contributed by atoms with Crippen LogP contribution in [0.25, 0.3) is 0 Å². The fraction of sp³-hybridized carbons (Fsp3) is 0.643. The van der Waals surface area contributed by atoms with Gasteiger partial charge in [0.2, 0.25) is 0 Å². The van der Waals surface area contributed by atoms with Gasteiger partial charge in [-0.25, -0.2) is 4.98 Å². The van der Waals surface area contributed by atoms with Crippen molar-refractivity contribution < 1.29 is 4.79 Å². The van der Waals surface area contributed by atoms with E-state index in [0.29, 0.717) is 24.7 Å². The lowest BCUT2D eigenvalue weighted by atomic mass is 9.83. The number of amides is 1. The highest BCUT2D eigenvalue weighted by molar-refractivity contribution is 5.92. The van der Waals surface area contributed by atoms with E-state index in [1.807, 2.05) is 11.8 Å². The van der Waals surface area contributed by atoms with Gasteiger partial charge in [-0.1, -0.05) is 12.8 Å². The Morgan fingerprint density at radius 2 is 2.21 bits per heavy atom. The van der Waals surface area contributed by atoms with Crippen molar-refractivity contribution >= 4 is 5.91 Å². The minimum Gasteiger partial charge on any atom is -0.334 e. The van der Waals surface area contributed by atoms with Crippen LogP contribution < -0.4 is 5.73 Å². The van der Waals surface area contributed by atoms with Crippen molar-refractivity contribution in [1.82, 2.24) is 14.9 Å². The van der Waals surface area contributed by atoms with Gasteiger partial charge in [0.05, 0.1) is 6.20 Å². The van der Waals surface area contributed by atoms with Crippen molar-refractivity contribution in [3.8, 4) is 0 Å². The number of carbonyl (C=O) groups excluding carboxylic acids is 1. The lowest BCUT2D eigenvalue weighted by Crippen LogP contribution is -2.48. The van der Waals surface area contributed by atoms with E-state index in [2.05, 4.69) is 9.97 Å². The fourth-order valence-electron chi connectivity index (χ4n) is 2.96. The Balaban J connectivity index is 2.16. The van der Waals surface area contributed by atoms with Crippen LogP contribution in [0.1, 0.15) is 43.1 Å². The molecule has 1 aromatic rings. The lowest BCUT2D eigenvalue weighted by molar-refractivity contribution is 0.0553. The molecule has 0 aliphatic heterocycles. The van der Waals surface area contributed by atoms with Crippen LogP contribution in [0.3, 0.4) is 0 Å². The molecule has 104 valence electrons. The van der Waals surface area contributed by atoms with Crippen molar-refractivity contribution in [3.05, 3.63) is 24.3 Å². The summed E-state index contributed by atoms with van der Waals surface area (Å²) in [5.41, 5.74) is 6.28. The van der Waals surface area contributed by atoms with Crippen molar-refractivity contribution in [3.63, 3.8) is 0 Å². The fourth-order valence-corrected chi connectivity index (χ4v) is 2.96. The molecule has 2 unspecified atom stereocenters. The third kappa shape index (κ3) is 3.10. The molecule has 1 saturated carbocycles. The van der Waals surface area contributed by atoms with E-state index in [-0.39, 0.29) is 11.9 Å². The monoisotopic (exact) mass is 262 g/mol. The second kappa shape index (κ2) is 6.61. The number of rotatable bonds is 4. The Hall–Kier alpha value is -1.49. The molecule has 0 saturated heterocycles. The van der Waals surface area contributed by atoms with Crippen LogP contribution in [0.2, 0.25) is 0 Å². The van der Waals surface area contributed by atoms with Crippen molar-refractivity contribution in [2.45, 2.75) is 38.6 Å². The molecule has 0 radical (unpaired) electrons. The van der Waals surface area contributed by atoms with E-state index >= 15 is 0 Å². The number of hydrogen-bond acceptors (Lipinski definition) is 4. The van der Waals surface area contributed by atoms with Gasteiger partial charge < -0.3 is 10.6 Å². The first-order valence-electron chi connectivity index (χ1n) is 7.05. The Morgan fingerprint density at radius 1 is 1.42 bits per heavy atom. The van der Waals surface area contributed by atoms with Gasteiger partial charge in [-0.05, 0) is 32.2 Å². The summed E-state index contributed by atoms with van der Waals surface area (Å²) in [6.45, 7) is 3.35. The molecule has 5 nitrogen and oxygen atoms in total. The average molecular weight is 262 g/mol. The maximum Gasteiger partial charge on any atom is 0.274 e. The summed E-state index contributed by atoms with van der Waals surface area (Å²) < 4.78 is 0. The summed E-state index contributed by atoms with van der Waals surface area (Å²) in [5, 5.41) is 0. The molecule has 1 aliphatic carbocycles. The zero-order chi connectivity index (χ0) is 13.7. The predicted molar refractivity (Wildman–Crippen MR) is 73.5 cm³/mol. The number of aromatic nitrogens is 2. The molecule has 19 heavy (non-hydrogen) atoms. The molecule has 1 heterocycles. The summed E-state index contributed by atoms with van der Waals surface area (Å²) in [6, 6.07) is 0.248. The van der Waals surface area contributed by atoms with Gasteiger partial charge >= 0.3 is 0 Å². The third-order valence-corrected chi connectivity index (χ3v) is 3.96. The summed E-state index contributed by atoms with van der Waals surface area (Å²) in [5.74, 6) is 0.385. The minimum atomic E-state index is -0.0269. The topological polar surface area (TPSA) is 72.1 Å². The Labute approximate surface area is 114 Å². The standard InChI is InChI=1S/C14H22N4O/c1-2-18(13-6-4-3-5-11(13)9-15)14(19)12-10-16-7-8-17-12/h7-8,10-11,13H,2-6,9,15H2,1H3. The van der Waals surface area contributed by atoms with Crippen LogP contribution in [-0.2, 0) is 0 Å². The average Bonchev–Trinajstić information content (AvgIpc) is 2.49. The molecule has 1 aliphatic rings. The Bertz CT molecular complexity index is 409. The molecular weight excluding hydrogens is 240 g/mol. The molecule has 2 rings (SSSR count). The number of nitrogens with zero attached hydrogens (tertiary/aromatic N) is 3.